The van der Waals surface area contributed by atoms with Crippen molar-refractivity contribution in [3.63, 3.8) is 0 Å². The molecule has 1 amide bonds. The van der Waals surface area contributed by atoms with Crippen LogP contribution in [-0.2, 0) is 16.2 Å². The Balaban J connectivity index is 2.02. The van der Waals surface area contributed by atoms with Gasteiger partial charge in [-0.05, 0) is 5.56 Å². The first kappa shape index (κ1) is 13.5. The largest absolute Gasteiger partial charge is 0.440 e. The van der Waals surface area contributed by atoms with E-state index in [1.165, 1.54) is 0 Å². The molecule has 0 bridgehead atoms. The average Bonchev–Trinajstić information content (AvgIpc) is 2.64. The van der Waals surface area contributed by atoms with Crippen LogP contribution in [0.2, 0.25) is 0 Å². The standard InChI is InChI=1S/C14H18N2O3/c1-14(2,3)11-12(15)16(13(17)19-11)18-9-10-7-5-4-6-8-10/h4-8,11,15H,9H2,1-3H3. The lowest BCUT2D eigenvalue weighted by molar-refractivity contribution is -0.0785. The SMILES string of the molecule is CC(C)(C)C1OC(=O)N(OCc2ccccc2)C1=N. The molecule has 0 radical (unpaired) electrons. The Morgan fingerprint density at radius 3 is 2.47 bits per heavy atom. The number of ether oxygens (including phenoxy) is 1. The highest BCUT2D eigenvalue weighted by atomic mass is 16.7. The van der Waals surface area contributed by atoms with E-state index in [1.54, 1.807) is 0 Å². The van der Waals surface area contributed by atoms with Crippen LogP contribution >= 0.6 is 0 Å². The van der Waals surface area contributed by atoms with Gasteiger partial charge < -0.3 is 4.74 Å². The predicted molar refractivity (Wildman–Crippen MR) is 70.5 cm³/mol. The fourth-order valence-electron chi connectivity index (χ4n) is 1.83. The van der Waals surface area contributed by atoms with Gasteiger partial charge in [0.05, 0.1) is 0 Å². The molecular weight excluding hydrogens is 244 g/mol. The summed E-state index contributed by atoms with van der Waals surface area (Å²) >= 11 is 0. The van der Waals surface area contributed by atoms with E-state index >= 15 is 0 Å². The average molecular weight is 262 g/mol. The van der Waals surface area contributed by atoms with Gasteiger partial charge in [-0.1, -0.05) is 51.1 Å². The van der Waals surface area contributed by atoms with E-state index in [2.05, 4.69) is 0 Å². The van der Waals surface area contributed by atoms with Gasteiger partial charge in [0, 0.05) is 5.41 Å². The smallest absolute Gasteiger partial charge is 0.435 e. The van der Waals surface area contributed by atoms with E-state index < -0.39 is 12.2 Å². The second-order valence-corrected chi connectivity index (χ2v) is 5.57. The summed E-state index contributed by atoms with van der Waals surface area (Å²) in [5, 5.41) is 8.90. The number of amides is 1. The normalized spacial score (nSPS) is 19.7. The number of hydrogen-bond donors (Lipinski definition) is 1. The van der Waals surface area contributed by atoms with E-state index in [1.807, 2.05) is 51.1 Å². The van der Waals surface area contributed by atoms with Crippen LogP contribution in [0.4, 0.5) is 4.79 Å². The number of rotatable bonds is 3. The first-order chi connectivity index (χ1) is 8.89. The molecule has 5 nitrogen and oxygen atoms in total. The molecule has 0 aliphatic carbocycles. The Kier molecular flexibility index (Phi) is 3.57. The summed E-state index contributed by atoms with van der Waals surface area (Å²) in [4.78, 5) is 17.1. The molecule has 5 heteroatoms. The number of hydroxylamine groups is 2. The number of nitrogens with zero attached hydrogens (tertiary/aromatic N) is 1. The first-order valence-electron chi connectivity index (χ1n) is 6.15. The zero-order chi connectivity index (χ0) is 14.0. The number of cyclic esters (lactones) is 1. The van der Waals surface area contributed by atoms with E-state index in [9.17, 15) is 4.79 Å². The molecule has 1 heterocycles. The van der Waals surface area contributed by atoms with Crippen LogP contribution in [0.5, 0.6) is 0 Å². The molecule has 0 spiro atoms. The molecule has 1 atom stereocenters. The summed E-state index contributed by atoms with van der Waals surface area (Å²) in [5.41, 5.74) is 0.611. The summed E-state index contributed by atoms with van der Waals surface area (Å²) in [7, 11) is 0. The maximum atomic E-state index is 11.7. The van der Waals surface area contributed by atoms with Gasteiger partial charge in [0.1, 0.15) is 6.61 Å². The summed E-state index contributed by atoms with van der Waals surface area (Å²) in [6.07, 6.45) is -1.20. The third-order valence-electron chi connectivity index (χ3n) is 2.84. The van der Waals surface area contributed by atoms with Crippen molar-refractivity contribution in [2.75, 3.05) is 0 Å². The maximum absolute atomic E-state index is 11.7. The molecule has 102 valence electrons. The maximum Gasteiger partial charge on any atom is 0.440 e. The van der Waals surface area contributed by atoms with Crippen molar-refractivity contribution in [3.8, 4) is 0 Å². The monoisotopic (exact) mass is 262 g/mol. The Morgan fingerprint density at radius 1 is 1.32 bits per heavy atom. The van der Waals surface area contributed by atoms with Crippen molar-refractivity contribution in [2.24, 2.45) is 5.41 Å². The number of benzene rings is 1. The fraction of sp³-hybridized carbons (Fsp3) is 0.429. The molecule has 1 saturated heterocycles. The van der Waals surface area contributed by atoms with Crippen LogP contribution in [0.25, 0.3) is 0 Å². The number of nitrogens with one attached hydrogen (secondary N) is 1. The van der Waals surface area contributed by atoms with Gasteiger partial charge in [-0.2, -0.15) is 0 Å². The highest BCUT2D eigenvalue weighted by molar-refractivity contribution is 6.00. The van der Waals surface area contributed by atoms with Crippen molar-refractivity contribution >= 4 is 11.9 Å². The molecule has 1 fully saturated rings. The molecular formula is C14H18N2O3. The number of carbonyl (C=O) groups is 1. The summed E-state index contributed by atoms with van der Waals surface area (Å²) < 4.78 is 5.18. The van der Waals surface area contributed by atoms with Crippen molar-refractivity contribution in [3.05, 3.63) is 35.9 Å². The van der Waals surface area contributed by atoms with Gasteiger partial charge in [-0.3, -0.25) is 10.2 Å². The molecule has 0 saturated carbocycles. The lowest BCUT2D eigenvalue weighted by atomic mass is 9.88. The van der Waals surface area contributed by atoms with Crippen molar-refractivity contribution < 1.29 is 14.4 Å². The predicted octanol–water partition coefficient (Wildman–Crippen LogP) is 2.96. The second kappa shape index (κ2) is 5.01. The summed E-state index contributed by atoms with van der Waals surface area (Å²) in [6, 6.07) is 9.48. The van der Waals surface area contributed by atoms with Gasteiger partial charge in [0.15, 0.2) is 11.9 Å². The van der Waals surface area contributed by atoms with Gasteiger partial charge >= 0.3 is 6.09 Å². The van der Waals surface area contributed by atoms with Crippen LogP contribution in [-0.4, -0.2) is 23.1 Å². The zero-order valence-electron chi connectivity index (χ0n) is 11.3. The van der Waals surface area contributed by atoms with Gasteiger partial charge in [0.2, 0.25) is 0 Å². The molecule has 1 aromatic rings. The van der Waals surface area contributed by atoms with Gasteiger partial charge in [-0.25, -0.2) is 4.79 Å². The molecule has 1 aliphatic rings. The van der Waals surface area contributed by atoms with Crippen LogP contribution in [0, 0.1) is 10.8 Å². The van der Waals surface area contributed by atoms with Crippen LogP contribution in [0.15, 0.2) is 30.3 Å². The number of amidine groups is 1. The second-order valence-electron chi connectivity index (χ2n) is 5.57. The minimum Gasteiger partial charge on any atom is -0.435 e. The number of hydrogen-bond acceptors (Lipinski definition) is 4. The fourth-order valence-corrected chi connectivity index (χ4v) is 1.83. The quantitative estimate of drug-likeness (QED) is 0.910. The molecule has 1 aliphatic heterocycles. The lowest BCUT2D eigenvalue weighted by Crippen LogP contribution is -2.36. The topological polar surface area (TPSA) is 62.6 Å². The third kappa shape index (κ3) is 2.93. The summed E-state index contributed by atoms with van der Waals surface area (Å²) in [6.45, 7) is 5.98. The Morgan fingerprint density at radius 2 is 1.95 bits per heavy atom. The molecule has 1 aromatic carbocycles. The van der Waals surface area contributed by atoms with Crippen LogP contribution in [0.1, 0.15) is 26.3 Å². The molecule has 2 rings (SSSR count). The molecule has 1 unspecified atom stereocenters. The Bertz CT molecular complexity index is 479. The molecule has 1 N–H and O–H groups in total. The lowest BCUT2D eigenvalue weighted by Gasteiger charge is -2.24. The van der Waals surface area contributed by atoms with E-state index in [0.717, 1.165) is 10.6 Å². The molecule has 0 aromatic heterocycles. The highest BCUT2D eigenvalue weighted by Crippen LogP contribution is 2.29. The van der Waals surface area contributed by atoms with Crippen molar-refractivity contribution in [2.45, 2.75) is 33.5 Å². The van der Waals surface area contributed by atoms with Crippen molar-refractivity contribution in [1.29, 1.82) is 5.41 Å². The van der Waals surface area contributed by atoms with Crippen LogP contribution in [0.3, 0.4) is 0 Å². The minimum atomic E-state index is -0.624. The van der Waals surface area contributed by atoms with Gasteiger partial charge in [-0.15, -0.1) is 5.06 Å². The van der Waals surface area contributed by atoms with Crippen LogP contribution < -0.4 is 0 Å². The van der Waals surface area contributed by atoms with Gasteiger partial charge in [0.25, 0.3) is 0 Å². The Hall–Kier alpha value is -1.88. The van der Waals surface area contributed by atoms with E-state index in [0.29, 0.717) is 0 Å². The zero-order valence-corrected chi connectivity index (χ0v) is 11.3. The molecule has 19 heavy (non-hydrogen) atoms. The first-order valence-corrected chi connectivity index (χ1v) is 6.15. The minimum absolute atomic E-state index is 0.0495. The van der Waals surface area contributed by atoms with Crippen molar-refractivity contribution in [1.82, 2.24) is 5.06 Å². The van der Waals surface area contributed by atoms with E-state index in [4.69, 9.17) is 15.0 Å². The summed E-state index contributed by atoms with van der Waals surface area (Å²) in [5.74, 6) is 0.0495. The highest BCUT2D eigenvalue weighted by Gasteiger charge is 2.45. The Labute approximate surface area is 112 Å². The van der Waals surface area contributed by atoms with E-state index in [-0.39, 0.29) is 17.9 Å². The number of carbonyl (C=O) groups excluding carboxylic acids is 1. The third-order valence-corrected chi connectivity index (χ3v) is 2.84.